The number of benzene rings is 1. The first kappa shape index (κ1) is 15.4. The van der Waals surface area contributed by atoms with Crippen LogP contribution in [0.2, 0.25) is 0 Å². The summed E-state index contributed by atoms with van der Waals surface area (Å²) in [4.78, 5) is 21.2. The highest BCUT2D eigenvalue weighted by molar-refractivity contribution is 7.88. The van der Waals surface area contributed by atoms with E-state index < -0.39 is 32.1 Å². The molecule has 0 bridgehead atoms. The van der Waals surface area contributed by atoms with E-state index in [0.717, 1.165) is 0 Å². The lowest BCUT2D eigenvalue weighted by molar-refractivity contribution is -0.385. The van der Waals surface area contributed by atoms with E-state index >= 15 is 0 Å². The Morgan fingerprint density at radius 3 is 2.52 bits per heavy atom. The number of aliphatic carboxylic acids is 1. The fourth-order valence-electron chi connectivity index (χ4n) is 1.93. The summed E-state index contributed by atoms with van der Waals surface area (Å²) in [5, 5.41) is 19.8. The zero-order valence-electron chi connectivity index (χ0n) is 11.0. The zero-order valence-corrected chi connectivity index (χ0v) is 11.8. The van der Waals surface area contributed by atoms with E-state index in [0.29, 0.717) is 12.8 Å². The lowest BCUT2D eigenvalue weighted by Gasteiger charge is -2.11. The molecule has 114 valence electrons. The van der Waals surface area contributed by atoms with E-state index in [2.05, 4.69) is 4.72 Å². The number of carboxylic acid groups (broad SMARTS) is 1. The molecule has 1 aromatic carbocycles. The van der Waals surface area contributed by atoms with Gasteiger partial charge in [-0.1, -0.05) is 18.2 Å². The zero-order chi connectivity index (χ0) is 15.7. The van der Waals surface area contributed by atoms with Gasteiger partial charge in [0.2, 0.25) is 10.0 Å². The molecule has 21 heavy (non-hydrogen) atoms. The molecular weight excluding hydrogens is 300 g/mol. The van der Waals surface area contributed by atoms with Crippen LogP contribution in [0.1, 0.15) is 18.4 Å². The SMILES string of the molecule is O=C(O)C1(CNS(=O)(=O)Cc2ccccc2[N+](=O)[O-])CC1. The standard InChI is InChI=1S/C12H14N2O6S/c15-11(16)12(5-6-12)8-13-21(19,20)7-9-3-1-2-4-10(9)14(17)18/h1-4,13H,5-8H2,(H,15,16). The first-order valence-corrected chi connectivity index (χ1v) is 7.84. The molecule has 0 radical (unpaired) electrons. The second kappa shape index (κ2) is 5.41. The first-order chi connectivity index (χ1) is 9.76. The van der Waals surface area contributed by atoms with Crippen LogP contribution >= 0.6 is 0 Å². The van der Waals surface area contributed by atoms with E-state index in [1.54, 1.807) is 0 Å². The number of sulfonamides is 1. The van der Waals surface area contributed by atoms with E-state index in [1.807, 2.05) is 0 Å². The van der Waals surface area contributed by atoms with Crippen molar-refractivity contribution in [2.75, 3.05) is 6.54 Å². The van der Waals surface area contributed by atoms with Gasteiger partial charge < -0.3 is 5.11 Å². The Kier molecular flexibility index (Phi) is 3.97. The van der Waals surface area contributed by atoms with Crippen molar-refractivity contribution in [2.45, 2.75) is 18.6 Å². The number of para-hydroxylation sites is 1. The van der Waals surface area contributed by atoms with Crippen LogP contribution in [-0.2, 0) is 20.6 Å². The van der Waals surface area contributed by atoms with Crippen molar-refractivity contribution in [1.82, 2.24) is 4.72 Å². The number of rotatable bonds is 7. The van der Waals surface area contributed by atoms with Crippen LogP contribution in [0.4, 0.5) is 5.69 Å². The maximum absolute atomic E-state index is 11.9. The summed E-state index contributed by atoms with van der Waals surface area (Å²) in [7, 11) is -3.84. The van der Waals surface area contributed by atoms with Crippen LogP contribution in [0.25, 0.3) is 0 Å². The third-order valence-corrected chi connectivity index (χ3v) is 4.75. The van der Waals surface area contributed by atoms with Gasteiger partial charge in [0.05, 0.1) is 16.1 Å². The molecule has 0 amide bonds. The molecule has 1 aliphatic carbocycles. The molecule has 0 aromatic heterocycles. The number of hydrogen-bond acceptors (Lipinski definition) is 5. The van der Waals surface area contributed by atoms with E-state index in [4.69, 9.17) is 5.11 Å². The minimum Gasteiger partial charge on any atom is -0.481 e. The fraction of sp³-hybridized carbons (Fsp3) is 0.417. The Bertz CT molecular complexity index is 681. The predicted molar refractivity (Wildman–Crippen MR) is 73.0 cm³/mol. The monoisotopic (exact) mass is 314 g/mol. The molecule has 0 unspecified atom stereocenters. The summed E-state index contributed by atoms with van der Waals surface area (Å²) < 4.78 is 26.1. The van der Waals surface area contributed by atoms with Gasteiger partial charge in [0.15, 0.2) is 0 Å². The number of nitrogens with zero attached hydrogens (tertiary/aromatic N) is 1. The van der Waals surface area contributed by atoms with Crippen molar-refractivity contribution >= 4 is 21.7 Å². The van der Waals surface area contributed by atoms with Crippen LogP contribution < -0.4 is 4.72 Å². The predicted octanol–water partition coefficient (Wildman–Crippen LogP) is 0.879. The van der Waals surface area contributed by atoms with Crippen molar-refractivity contribution < 1.29 is 23.2 Å². The topological polar surface area (TPSA) is 127 Å². The number of nitrogens with one attached hydrogen (secondary N) is 1. The molecule has 2 rings (SSSR count). The minimum absolute atomic E-state index is 0.0650. The number of carboxylic acids is 1. The molecule has 2 N–H and O–H groups in total. The third-order valence-electron chi connectivity index (χ3n) is 3.47. The molecular formula is C12H14N2O6S. The number of nitro benzene ring substituents is 1. The van der Waals surface area contributed by atoms with Crippen LogP contribution in [-0.4, -0.2) is 31.0 Å². The number of hydrogen-bond donors (Lipinski definition) is 2. The molecule has 0 spiro atoms. The molecule has 0 aliphatic heterocycles. The lowest BCUT2D eigenvalue weighted by atomic mass is 10.1. The molecule has 1 fully saturated rings. The Hall–Kier alpha value is -2.00. The molecule has 0 saturated heterocycles. The molecule has 9 heteroatoms. The second-order valence-corrected chi connectivity index (χ2v) is 6.86. The van der Waals surface area contributed by atoms with Gasteiger partial charge in [-0.25, -0.2) is 13.1 Å². The highest BCUT2D eigenvalue weighted by Crippen LogP contribution is 2.45. The average Bonchev–Trinajstić information content (AvgIpc) is 3.17. The van der Waals surface area contributed by atoms with Gasteiger partial charge in [0.1, 0.15) is 0 Å². The summed E-state index contributed by atoms with van der Waals surface area (Å²) in [6.45, 7) is -0.189. The summed E-state index contributed by atoms with van der Waals surface area (Å²) in [5.74, 6) is -1.59. The van der Waals surface area contributed by atoms with Crippen molar-refractivity contribution in [2.24, 2.45) is 5.41 Å². The molecule has 1 aliphatic rings. The van der Waals surface area contributed by atoms with E-state index in [9.17, 15) is 23.3 Å². The lowest BCUT2D eigenvalue weighted by Crippen LogP contribution is -2.35. The van der Waals surface area contributed by atoms with Gasteiger partial charge >= 0.3 is 5.97 Å². The van der Waals surface area contributed by atoms with Crippen molar-refractivity contribution in [3.05, 3.63) is 39.9 Å². The van der Waals surface area contributed by atoms with Gasteiger partial charge in [-0.15, -0.1) is 0 Å². The second-order valence-electron chi connectivity index (χ2n) is 5.05. The molecule has 1 saturated carbocycles. The Balaban J connectivity index is 2.08. The Morgan fingerprint density at radius 1 is 1.38 bits per heavy atom. The quantitative estimate of drug-likeness (QED) is 0.568. The summed E-state index contributed by atoms with van der Waals surface area (Å²) in [6.07, 6.45) is 0.854. The summed E-state index contributed by atoms with van der Waals surface area (Å²) in [5.41, 5.74) is -1.23. The maximum atomic E-state index is 11.9. The fourth-order valence-corrected chi connectivity index (χ4v) is 3.18. The van der Waals surface area contributed by atoms with Crippen LogP contribution in [0.3, 0.4) is 0 Å². The largest absolute Gasteiger partial charge is 0.481 e. The maximum Gasteiger partial charge on any atom is 0.310 e. The summed E-state index contributed by atoms with van der Waals surface area (Å²) in [6, 6.07) is 5.55. The third kappa shape index (κ3) is 3.56. The van der Waals surface area contributed by atoms with Gasteiger partial charge in [-0.3, -0.25) is 14.9 Å². The number of carbonyl (C=O) groups is 1. The highest BCUT2D eigenvalue weighted by atomic mass is 32.2. The normalized spacial score (nSPS) is 16.4. The molecule has 0 atom stereocenters. The first-order valence-electron chi connectivity index (χ1n) is 6.19. The van der Waals surface area contributed by atoms with Crippen LogP contribution in [0.15, 0.2) is 24.3 Å². The van der Waals surface area contributed by atoms with Crippen molar-refractivity contribution in [1.29, 1.82) is 0 Å². The van der Waals surface area contributed by atoms with Gasteiger partial charge in [0, 0.05) is 18.2 Å². The van der Waals surface area contributed by atoms with E-state index in [-0.39, 0.29) is 17.8 Å². The van der Waals surface area contributed by atoms with Crippen LogP contribution in [0, 0.1) is 15.5 Å². The Labute approximate surface area is 121 Å². The van der Waals surface area contributed by atoms with Crippen LogP contribution in [0.5, 0.6) is 0 Å². The average molecular weight is 314 g/mol. The molecule has 8 nitrogen and oxygen atoms in total. The van der Waals surface area contributed by atoms with Gasteiger partial charge in [-0.05, 0) is 12.8 Å². The summed E-state index contributed by atoms with van der Waals surface area (Å²) >= 11 is 0. The molecule has 1 aromatic rings. The Morgan fingerprint density at radius 2 is 2.00 bits per heavy atom. The van der Waals surface area contributed by atoms with Crippen molar-refractivity contribution in [3.63, 3.8) is 0 Å². The number of nitro groups is 1. The highest BCUT2D eigenvalue weighted by Gasteiger charge is 2.50. The van der Waals surface area contributed by atoms with Crippen molar-refractivity contribution in [3.8, 4) is 0 Å². The van der Waals surface area contributed by atoms with Gasteiger partial charge in [-0.2, -0.15) is 0 Å². The van der Waals surface area contributed by atoms with Gasteiger partial charge in [0.25, 0.3) is 5.69 Å². The smallest absolute Gasteiger partial charge is 0.310 e. The van der Waals surface area contributed by atoms with E-state index in [1.165, 1.54) is 24.3 Å². The minimum atomic E-state index is -3.84. The molecule has 0 heterocycles.